The highest BCUT2D eigenvalue weighted by molar-refractivity contribution is 6.29. The lowest BCUT2D eigenvalue weighted by molar-refractivity contribution is 0.331. The van der Waals surface area contributed by atoms with Crippen molar-refractivity contribution in [2.45, 2.75) is 46.2 Å². The summed E-state index contributed by atoms with van der Waals surface area (Å²) in [5, 5.41) is 9.68. The lowest BCUT2D eigenvalue weighted by Crippen LogP contribution is -2.18. The van der Waals surface area contributed by atoms with E-state index >= 15 is 0 Å². The Bertz CT molecular complexity index is 593. The first-order valence-corrected chi connectivity index (χ1v) is 9.90. The van der Waals surface area contributed by atoms with E-state index in [1.807, 2.05) is 30.5 Å². The van der Waals surface area contributed by atoms with Gasteiger partial charge in [0.15, 0.2) is 0 Å². The van der Waals surface area contributed by atoms with Gasteiger partial charge >= 0.3 is 0 Å². The Hall–Kier alpha value is -1.33. The molecule has 2 aliphatic heterocycles. The van der Waals surface area contributed by atoms with E-state index in [0.29, 0.717) is 10.9 Å². The third kappa shape index (κ3) is 8.36. The van der Waals surface area contributed by atoms with Crippen molar-refractivity contribution < 1.29 is 5.11 Å². The molecular weight excluding hydrogens is 393 g/mol. The molecule has 0 unspecified atom stereocenters. The van der Waals surface area contributed by atoms with Crippen LogP contribution in [0.1, 0.15) is 44.2 Å². The molecule has 0 bridgehead atoms. The average molecular weight is 426 g/mol. The quantitative estimate of drug-likeness (QED) is 0.667. The molecule has 1 N–H and O–H groups in total. The highest BCUT2D eigenvalue weighted by Crippen LogP contribution is 2.15. The van der Waals surface area contributed by atoms with E-state index in [2.05, 4.69) is 14.8 Å². The van der Waals surface area contributed by atoms with E-state index in [-0.39, 0.29) is 19.8 Å². The Balaban J connectivity index is 0.000000261. The van der Waals surface area contributed by atoms with Gasteiger partial charge in [-0.25, -0.2) is 4.98 Å². The predicted molar refractivity (Wildman–Crippen MR) is 120 cm³/mol. The molecule has 1 aromatic heterocycles. The minimum atomic E-state index is 0. The zero-order valence-corrected chi connectivity index (χ0v) is 17.3. The summed E-state index contributed by atoms with van der Waals surface area (Å²) in [6.45, 7) is 6.94. The summed E-state index contributed by atoms with van der Waals surface area (Å²) in [6, 6.07) is 11.4. The Morgan fingerprint density at radius 3 is 1.71 bits per heavy atom. The van der Waals surface area contributed by atoms with Crippen molar-refractivity contribution in [1.29, 1.82) is 0 Å². The van der Waals surface area contributed by atoms with Crippen molar-refractivity contribution in [2.75, 3.05) is 26.2 Å². The lowest BCUT2D eigenvalue weighted by Gasteiger charge is -2.14. The molecule has 0 atom stereocenters. The van der Waals surface area contributed by atoms with E-state index in [9.17, 15) is 0 Å². The molecule has 3 heterocycles. The van der Waals surface area contributed by atoms with Gasteiger partial charge in [-0.15, -0.1) is 12.4 Å². The van der Waals surface area contributed by atoms with Gasteiger partial charge in [-0.2, -0.15) is 0 Å². The highest BCUT2D eigenvalue weighted by Gasteiger charge is 2.12. The standard InChI is InChI=1S/C11H15NO.C10H13ClN2.CH4.ClH/c13-11-5-3-10(4-6-11)9-12-7-1-2-8-12;11-10-4-3-9(7-12-10)8-13-5-1-2-6-13;;/h3-6,13H,1-2,7-9H2;3-4,7H,1-2,5-6,8H2;1H4;1H. The molecule has 4 rings (SSSR count). The number of aromatic hydroxyl groups is 1. The van der Waals surface area contributed by atoms with Crippen LogP contribution in [-0.2, 0) is 13.1 Å². The minimum absolute atomic E-state index is 0. The highest BCUT2D eigenvalue weighted by atomic mass is 35.5. The largest absolute Gasteiger partial charge is 0.508 e. The maximum atomic E-state index is 9.10. The van der Waals surface area contributed by atoms with Crippen molar-refractivity contribution in [3.63, 3.8) is 0 Å². The van der Waals surface area contributed by atoms with Crippen LogP contribution in [0.15, 0.2) is 42.6 Å². The van der Waals surface area contributed by atoms with Crippen LogP contribution in [0.5, 0.6) is 5.75 Å². The number of rotatable bonds is 4. The van der Waals surface area contributed by atoms with E-state index in [0.717, 1.165) is 13.1 Å². The maximum Gasteiger partial charge on any atom is 0.129 e. The van der Waals surface area contributed by atoms with Crippen LogP contribution < -0.4 is 0 Å². The van der Waals surface area contributed by atoms with Crippen molar-refractivity contribution >= 4 is 24.0 Å². The molecule has 28 heavy (non-hydrogen) atoms. The maximum absolute atomic E-state index is 9.10. The van der Waals surface area contributed by atoms with Crippen LogP contribution in [-0.4, -0.2) is 46.1 Å². The molecule has 2 aromatic rings. The predicted octanol–water partition coefficient (Wildman–Crippen LogP) is 5.38. The number of hydrogen-bond acceptors (Lipinski definition) is 4. The monoisotopic (exact) mass is 425 g/mol. The van der Waals surface area contributed by atoms with Gasteiger partial charge in [-0.1, -0.05) is 37.2 Å². The Labute approximate surface area is 180 Å². The summed E-state index contributed by atoms with van der Waals surface area (Å²) < 4.78 is 0. The molecule has 2 aliphatic rings. The number of phenols is 1. The summed E-state index contributed by atoms with van der Waals surface area (Å²) in [4.78, 5) is 8.96. The van der Waals surface area contributed by atoms with Gasteiger partial charge in [0.2, 0.25) is 0 Å². The van der Waals surface area contributed by atoms with Crippen LogP contribution in [0.2, 0.25) is 5.15 Å². The molecule has 1 aromatic carbocycles. The molecule has 0 aliphatic carbocycles. The number of phenolic OH excluding ortho intramolecular Hbond substituents is 1. The number of aromatic nitrogens is 1. The fourth-order valence-electron chi connectivity index (χ4n) is 3.50. The minimum Gasteiger partial charge on any atom is -0.508 e. The topological polar surface area (TPSA) is 39.6 Å². The Morgan fingerprint density at radius 2 is 1.25 bits per heavy atom. The van der Waals surface area contributed by atoms with Gasteiger partial charge in [-0.05, 0) is 81.2 Å². The summed E-state index contributed by atoms with van der Waals surface area (Å²) in [5.74, 6) is 0.352. The van der Waals surface area contributed by atoms with Gasteiger partial charge in [0.1, 0.15) is 10.9 Å². The van der Waals surface area contributed by atoms with Crippen molar-refractivity contribution in [2.24, 2.45) is 0 Å². The van der Waals surface area contributed by atoms with Crippen LogP contribution in [0.3, 0.4) is 0 Å². The van der Waals surface area contributed by atoms with Gasteiger partial charge in [0, 0.05) is 19.3 Å². The number of halogens is 2. The second-order valence-electron chi connectivity index (χ2n) is 7.12. The first-order valence-electron chi connectivity index (χ1n) is 9.52. The first-order chi connectivity index (χ1) is 12.7. The second kappa shape index (κ2) is 13.0. The summed E-state index contributed by atoms with van der Waals surface area (Å²) in [5.41, 5.74) is 2.55. The number of benzene rings is 1. The fraction of sp³-hybridized carbons (Fsp3) is 0.500. The number of pyridine rings is 1. The van der Waals surface area contributed by atoms with Crippen LogP contribution >= 0.6 is 24.0 Å². The molecule has 6 heteroatoms. The van der Waals surface area contributed by atoms with Crippen molar-refractivity contribution in [3.8, 4) is 5.75 Å². The fourth-order valence-corrected chi connectivity index (χ4v) is 3.61. The SMILES string of the molecule is C.Cl.Clc1ccc(CN2CCCC2)cn1.Oc1ccc(CN2CCCC2)cc1. The zero-order valence-electron chi connectivity index (χ0n) is 15.7. The molecule has 156 valence electrons. The Morgan fingerprint density at radius 1 is 0.786 bits per heavy atom. The molecule has 0 radical (unpaired) electrons. The van der Waals surface area contributed by atoms with E-state index in [4.69, 9.17) is 16.7 Å². The summed E-state index contributed by atoms with van der Waals surface area (Å²) >= 11 is 5.70. The van der Waals surface area contributed by atoms with Gasteiger partial charge in [-0.3, -0.25) is 9.80 Å². The number of likely N-dealkylation sites (tertiary alicyclic amines) is 2. The normalized spacial score (nSPS) is 16.6. The molecule has 0 spiro atoms. The van der Waals surface area contributed by atoms with E-state index in [1.165, 1.54) is 63.0 Å². The third-order valence-electron chi connectivity index (χ3n) is 4.93. The second-order valence-corrected chi connectivity index (χ2v) is 7.51. The van der Waals surface area contributed by atoms with E-state index in [1.54, 1.807) is 12.1 Å². The molecule has 2 saturated heterocycles. The first kappa shape index (κ1) is 24.7. The zero-order chi connectivity index (χ0) is 18.2. The average Bonchev–Trinajstić information content (AvgIpc) is 3.34. The van der Waals surface area contributed by atoms with Crippen molar-refractivity contribution in [3.05, 3.63) is 58.9 Å². The molecule has 0 saturated carbocycles. The van der Waals surface area contributed by atoms with Crippen molar-refractivity contribution in [1.82, 2.24) is 14.8 Å². The van der Waals surface area contributed by atoms with Crippen LogP contribution in [0.4, 0.5) is 0 Å². The summed E-state index contributed by atoms with van der Waals surface area (Å²) in [7, 11) is 0. The number of nitrogens with zero attached hydrogens (tertiary/aromatic N) is 3. The van der Waals surface area contributed by atoms with Crippen LogP contribution in [0, 0.1) is 0 Å². The smallest absolute Gasteiger partial charge is 0.129 e. The molecule has 4 nitrogen and oxygen atoms in total. The molecular formula is C22H33Cl2N3O. The lowest BCUT2D eigenvalue weighted by atomic mass is 10.2. The summed E-state index contributed by atoms with van der Waals surface area (Å²) in [6.07, 6.45) is 7.19. The molecule has 0 amide bonds. The van der Waals surface area contributed by atoms with Gasteiger partial charge in [0.05, 0.1) is 0 Å². The Kier molecular flexibility index (Phi) is 11.5. The number of hydrogen-bond donors (Lipinski definition) is 1. The van der Waals surface area contributed by atoms with Gasteiger partial charge in [0.25, 0.3) is 0 Å². The van der Waals surface area contributed by atoms with E-state index < -0.39 is 0 Å². The van der Waals surface area contributed by atoms with Gasteiger partial charge < -0.3 is 5.11 Å². The third-order valence-corrected chi connectivity index (χ3v) is 5.16. The molecule has 2 fully saturated rings. The van der Waals surface area contributed by atoms with Crippen LogP contribution in [0.25, 0.3) is 0 Å².